The van der Waals surface area contributed by atoms with E-state index in [1.54, 1.807) is 6.08 Å². The molecule has 0 aliphatic rings. The van der Waals surface area contributed by atoms with Crippen LogP contribution in [-0.2, 0) is 6.54 Å². The molecule has 0 fully saturated rings. The van der Waals surface area contributed by atoms with Gasteiger partial charge < -0.3 is 22.9 Å². The number of hydrogen-bond donors (Lipinski definition) is 1. The Bertz CT molecular complexity index is 384. The summed E-state index contributed by atoms with van der Waals surface area (Å²) < 4.78 is 5.90. The summed E-state index contributed by atoms with van der Waals surface area (Å²) in [4.78, 5) is 0. The summed E-state index contributed by atoms with van der Waals surface area (Å²) >= 11 is 0. The van der Waals surface area contributed by atoms with Gasteiger partial charge in [0.15, 0.2) is 0 Å². The Hall–Kier alpha value is -0.990. The van der Waals surface area contributed by atoms with Crippen molar-refractivity contribution >= 4 is 0 Å². The fourth-order valence-corrected chi connectivity index (χ4v) is 2.05. The minimum absolute atomic E-state index is 0. The van der Waals surface area contributed by atoms with Gasteiger partial charge in [-0.3, -0.25) is 0 Å². The van der Waals surface area contributed by atoms with Crippen LogP contribution in [-0.4, -0.2) is 6.61 Å². The first-order valence-electron chi connectivity index (χ1n) is 6.70. The third kappa shape index (κ3) is 4.55. The van der Waals surface area contributed by atoms with Crippen molar-refractivity contribution in [1.29, 1.82) is 0 Å². The van der Waals surface area contributed by atoms with Gasteiger partial charge in [0.1, 0.15) is 12.4 Å². The number of halogens is 1. The molecule has 0 saturated heterocycles. The molecular weight excluding hydrogens is 258 g/mol. The molecule has 3 N–H and O–H groups in total. The Morgan fingerprint density at radius 3 is 1.95 bits per heavy atom. The Kier molecular flexibility index (Phi) is 7.81. The Morgan fingerprint density at radius 2 is 1.63 bits per heavy atom. The molecule has 0 radical (unpaired) electrons. The van der Waals surface area contributed by atoms with Crippen molar-refractivity contribution in [2.24, 2.45) is 0 Å². The lowest BCUT2D eigenvalue weighted by Crippen LogP contribution is -3.00. The van der Waals surface area contributed by atoms with Crippen LogP contribution < -0.4 is 22.9 Å². The van der Waals surface area contributed by atoms with Crippen molar-refractivity contribution in [3.05, 3.63) is 41.5 Å². The van der Waals surface area contributed by atoms with Gasteiger partial charge in [0, 0.05) is 5.56 Å². The van der Waals surface area contributed by atoms with Gasteiger partial charge in [-0.05, 0) is 35.1 Å². The van der Waals surface area contributed by atoms with E-state index < -0.39 is 0 Å². The second-order valence-corrected chi connectivity index (χ2v) is 5.26. The lowest BCUT2D eigenvalue weighted by Gasteiger charge is -2.20. The molecule has 0 amide bonds. The first-order valence-corrected chi connectivity index (χ1v) is 6.70. The molecule has 1 rings (SSSR count). The molecule has 2 nitrogen and oxygen atoms in total. The van der Waals surface area contributed by atoms with Gasteiger partial charge in [0.2, 0.25) is 0 Å². The van der Waals surface area contributed by atoms with Crippen LogP contribution in [0.1, 0.15) is 56.2 Å². The smallest absolute Gasteiger partial charge is 0.126 e. The summed E-state index contributed by atoms with van der Waals surface area (Å²) in [7, 11) is 0. The maximum Gasteiger partial charge on any atom is 0.126 e. The molecule has 0 bridgehead atoms. The zero-order chi connectivity index (χ0) is 13.7. The second-order valence-electron chi connectivity index (χ2n) is 5.26. The lowest BCUT2D eigenvalue weighted by molar-refractivity contribution is -0.386. The zero-order valence-electron chi connectivity index (χ0n) is 12.5. The lowest BCUT2D eigenvalue weighted by atomic mass is 9.91. The number of hydrogen-bond acceptors (Lipinski definition) is 1. The molecular formula is C16H26ClNO. The van der Waals surface area contributed by atoms with E-state index in [0.29, 0.717) is 18.4 Å². The van der Waals surface area contributed by atoms with Gasteiger partial charge in [-0.25, -0.2) is 0 Å². The van der Waals surface area contributed by atoms with Crippen molar-refractivity contribution in [2.45, 2.75) is 46.1 Å². The third-order valence-corrected chi connectivity index (χ3v) is 3.08. The summed E-state index contributed by atoms with van der Waals surface area (Å²) in [6, 6.07) is 4.45. The fraction of sp³-hybridized carbons (Fsp3) is 0.500. The standard InChI is InChI=1S/C16H25NO.ClH/c1-6-7-18-16-14(11(2)3)8-13(10-17)9-15(16)12(4)5;/h6,8-9,11-12H,1,7,10,17H2,2-5H3;1H. The molecule has 0 unspecified atom stereocenters. The Balaban J connectivity index is 0.00000324. The number of benzene rings is 1. The molecule has 1 aromatic rings. The minimum Gasteiger partial charge on any atom is -1.00 e. The highest BCUT2D eigenvalue weighted by Gasteiger charge is 2.17. The van der Waals surface area contributed by atoms with Gasteiger partial charge in [-0.2, -0.15) is 0 Å². The van der Waals surface area contributed by atoms with Crippen LogP contribution in [0.3, 0.4) is 0 Å². The van der Waals surface area contributed by atoms with Gasteiger partial charge in [0.25, 0.3) is 0 Å². The first kappa shape index (κ1) is 18.0. The minimum atomic E-state index is 0. The summed E-state index contributed by atoms with van der Waals surface area (Å²) in [6.07, 6.45) is 1.80. The molecule has 1 aromatic carbocycles. The van der Waals surface area contributed by atoms with E-state index >= 15 is 0 Å². The summed E-state index contributed by atoms with van der Waals surface area (Å²) in [5.41, 5.74) is 7.84. The predicted molar refractivity (Wildman–Crippen MR) is 76.9 cm³/mol. The van der Waals surface area contributed by atoms with Crippen LogP contribution in [0.2, 0.25) is 0 Å². The van der Waals surface area contributed by atoms with E-state index in [4.69, 9.17) is 4.74 Å². The van der Waals surface area contributed by atoms with Crippen LogP contribution >= 0.6 is 0 Å². The van der Waals surface area contributed by atoms with Gasteiger partial charge in [-0.1, -0.05) is 40.3 Å². The largest absolute Gasteiger partial charge is 1.00 e. The number of rotatable bonds is 6. The highest BCUT2D eigenvalue weighted by molar-refractivity contribution is 5.47. The SMILES string of the molecule is C=CCOc1c(C(C)C)cc(C[NH3+])cc1C(C)C.[Cl-]. The van der Waals surface area contributed by atoms with Crippen molar-refractivity contribution < 1.29 is 22.9 Å². The second kappa shape index (κ2) is 8.23. The average Bonchev–Trinajstić information content (AvgIpc) is 2.34. The monoisotopic (exact) mass is 283 g/mol. The summed E-state index contributed by atoms with van der Waals surface area (Å²) in [5, 5.41) is 0. The van der Waals surface area contributed by atoms with Gasteiger partial charge in [0.05, 0.1) is 6.54 Å². The number of quaternary nitrogens is 1. The van der Waals surface area contributed by atoms with E-state index in [9.17, 15) is 0 Å². The van der Waals surface area contributed by atoms with Crippen LogP contribution in [0, 0.1) is 0 Å². The molecule has 0 aliphatic heterocycles. The van der Waals surface area contributed by atoms with E-state index in [1.807, 2.05) is 0 Å². The molecule has 0 atom stereocenters. The van der Waals surface area contributed by atoms with Crippen LogP contribution in [0.5, 0.6) is 5.75 Å². The Labute approximate surface area is 123 Å². The van der Waals surface area contributed by atoms with Crippen molar-refractivity contribution in [3.63, 3.8) is 0 Å². The quantitative estimate of drug-likeness (QED) is 0.747. The molecule has 0 aliphatic carbocycles. The van der Waals surface area contributed by atoms with Gasteiger partial charge >= 0.3 is 0 Å². The van der Waals surface area contributed by atoms with Crippen LogP contribution in [0.25, 0.3) is 0 Å². The summed E-state index contributed by atoms with van der Waals surface area (Å²) in [6.45, 7) is 13.9. The Morgan fingerprint density at radius 1 is 1.16 bits per heavy atom. The maximum absolute atomic E-state index is 5.90. The maximum atomic E-state index is 5.90. The highest BCUT2D eigenvalue weighted by Crippen LogP contribution is 2.35. The predicted octanol–water partition coefficient (Wildman–Crippen LogP) is 0.244. The summed E-state index contributed by atoms with van der Waals surface area (Å²) in [5.74, 6) is 1.94. The van der Waals surface area contributed by atoms with Crippen LogP contribution in [0.4, 0.5) is 0 Å². The molecule has 3 heteroatoms. The normalized spacial score (nSPS) is 10.5. The third-order valence-electron chi connectivity index (χ3n) is 3.08. The molecule has 0 heterocycles. The van der Waals surface area contributed by atoms with Crippen LogP contribution in [0.15, 0.2) is 24.8 Å². The number of ether oxygens (including phenoxy) is 1. The van der Waals surface area contributed by atoms with E-state index in [-0.39, 0.29) is 12.4 Å². The molecule has 0 saturated carbocycles. The molecule has 19 heavy (non-hydrogen) atoms. The molecule has 0 spiro atoms. The van der Waals surface area contributed by atoms with Crippen molar-refractivity contribution in [3.8, 4) is 5.75 Å². The van der Waals surface area contributed by atoms with Crippen molar-refractivity contribution in [1.82, 2.24) is 0 Å². The molecule has 108 valence electrons. The van der Waals surface area contributed by atoms with E-state index in [1.165, 1.54) is 16.7 Å². The first-order chi connectivity index (χ1) is 8.51. The topological polar surface area (TPSA) is 36.9 Å². The van der Waals surface area contributed by atoms with E-state index in [0.717, 1.165) is 12.3 Å². The average molecular weight is 284 g/mol. The highest BCUT2D eigenvalue weighted by atomic mass is 35.5. The van der Waals surface area contributed by atoms with Crippen molar-refractivity contribution in [2.75, 3.05) is 6.61 Å². The zero-order valence-corrected chi connectivity index (χ0v) is 13.3. The fourth-order valence-electron chi connectivity index (χ4n) is 2.05. The molecule has 0 aromatic heterocycles. The van der Waals surface area contributed by atoms with Gasteiger partial charge in [-0.15, -0.1) is 0 Å². The van der Waals surface area contributed by atoms with E-state index in [2.05, 4.69) is 52.1 Å².